The maximum atomic E-state index is 12.7. The van der Waals surface area contributed by atoms with Crippen molar-refractivity contribution >= 4 is 38.9 Å². The number of nitrogens with zero attached hydrogens (tertiary/aromatic N) is 1. The molecule has 0 radical (unpaired) electrons. The number of benzene rings is 1. The standard InChI is InChI=1S/C17H19N3O4S2/c1-20(11-17(22)18-10-13-3-2-8-25-13)26(23,24)14-5-6-15-12(9-14)4-7-16(21)19-15/h2-3,5-6,8-9H,4,7,10-11H2,1H3,(H,18,22)(H,19,21). The normalized spacial score (nSPS) is 14.0. The van der Waals surface area contributed by atoms with Crippen molar-refractivity contribution in [2.45, 2.75) is 24.3 Å². The van der Waals surface area contributed by atoms with Crippen LogP contribution in [-0.4, -0.2) is 38.1 Å². The van der Waals surface area contributed by atoms with Gasteiger partial charge in [-0.25, -0.2) is 8.42 Å². The van der Waals surface area contributed by atoms with Crippen LogP contribution in [0.1, 0.15) is 16.9 Å². The minimum atomic E-state index is -3.79. The van der Waals surface area contributed by atoms with E-state index in [2.05, 4.69) is 10.6 Å². The number of hydrogen-bond donors (Lipinski definition) is 2. The molecule has 3 rings (SSSR count). The Labute approximate surface area is 156 Å². The molecule has 2 aromatic rings. The number of anilines is 1. The van der Waals surface area contributed by atoms with E-state index in [4.69, 9.17) is 0 Å². The number of nitrogens with one attached hydrogen (secondary N) is 2. The lowest BCUT2D eigenvalue weighted by atomic mass is 10.0. The fraction of sp³-hybridized carbons (Fsp3) is 0.294. The summed E-state index contributed by atoms with van der Waals surface area (Å²) < 4.78 is 26.5. The van der Waals surface area contributed by atoms with Crippen molar-refractivity contribution < 1.29 is 18.0 Å². The van der Waals surface area contributed by atoms with Crippen LogP contribution < -0.4 is 10.6 Å². The van der Waals surface area contributed by atoms with Crippen molar-refractivity contribution in [3.8, 4) is 0 Å². The molecule has 0 spiro atoms. The summed E-state index contributed by atoms with van der Waals surface area (Å²) in [6, 6.07) is 8.38. The van der Waals surface area contributed by atoms with Gasteiger partial charge in [-0.2, -0.15) is 4.31 Å². The predicted octanol–water partition coefficient (Wildman–Crippen LogP) is 1.57. The molecule has 2 amide bonds. The van der Waals surface area contributed by atoms with E-state index in [0.717, 1.165) is 14.7 Å². The Balaban J connectivity index is 1.67. The molecule has 0 atom stereocenters. The highest BCUT2D eigenvalue weighted by Crippen LogP contribution is 2.26. The van der Waals surface area contributed by atoms with E-state index in [-0.39, 0.29) is 23.3 Å². The zero-order valence-electron chi connectivity index (χ0n) is 14.2. The van der Waals surface area contributed by atoms with Crippen LogP contribution in [0.25, 0.3) is 0 Å². The Morgan fingerprint density at radius 3 is 2.85 bits per heavy atom. The van der Waals surface area contributed by atoms with Crippen molar-refractivity contribution in [2.75, 3.05) is 18.9 Å². The minimum Gasteiger partial charge on any atom is -0.350 e. The molecule has 0 aliphatic carbocycles. The predicted molar refractivity (Wildman–Crippen MR) is 99.4 cm³/mol. The largest absolute Gasteiger partial charge is 0.350 e. The second-order valence-electron chi connectivity index (χ2n) is 5.98. The SMILES string of the molecule is CN(CC(=O)NCc1cccs1)S(=O)(=O)c1ccc2c(c1)CCC(=O)N2. The Hall–Kier alpha value is -2.23. The second-order valence-corrected chi connectivity index (χ2v) is 9.06. The quantitative estimate of drug-likeness (QED) is 0.779. The summed E-state index contributed by atoms with van der Waals surface area (Å²) in [4.78, 5) is 24.6. The summed E-state index contributed by atoms with van der Waals surface area (Å²) in [6.07, 6.45) is 0.826. The van der Waals surface area contributed by atoms with Gasteiger partial charge in [-0.1, -0.05) is 6.07 Å². The number of sulfonamides is 1. The van der Waals surface area contributed by atoms with Crippen LogP contribution in [0, 0.1) is 0 Å². The molecule has 0 bridgehead atoms. The van der Waals surface area contributed by atoms with Gasteiger partial charge in [-0.15, -0.1) is 11.3 Å². The lowest BCUT2D eigenvalue weighted by molar-refractivity contribution is -0.121. The van der Waals surface area contributed by atoms with Crippen molar-refractivity contribution in [3.63, 3.8) is 0 Å². The smallest absolute Gasteiger partial charge is 0.243 e. The third kappa shape index (κ3) is 4.12. The van der Waals surface area contributed by atoms with Crippen molar-refractivity contribution in [1.82, 2.24) is 9.62 Å². The molecule has 2 heterocycles. The molecule has 1 aromatic carbocycles. The highest BCUT2D eigenvalue weighted by molar-refractivity contribution is 7.89. The van der Waals surface area contributed by atoms with E-state index in [1.165, 1.54) is 24.5 Å². The number of hydrogen-bond acceptors (Lipinski definition) is 5. The molecule has 26 heavy (non-hydrogen) atoms. The molecule has 1 aliphatic heterocycles. The number of fused-ring (bicyclic) bond motifs is 1. The molecular weight excluding hydrogens is 374 g/mol. The van der Waals surface area contributed by atoms with Crippen molar-refractivity contribution in [3.05, 3.63) is 46.2 Å². The first-order valence-electron chi connectivity index (χ1n) is 8.04. The molecule has 0 fully saturated rings. The van der Waals surface area contributed by atoms with Crippen LogP contribution in [0.2, 0.25) is 0 Å². The number of carbonyl (C=O) groups is 2. The van der Waals surface area contributed by atoms with Gasteiger partial charge >= 0.3 is 0 Å². The van der Waals surface area contributed by atoms with Gasteiger partial charge in [0.2, 0.25) is 21.8 Å². The van der Waals surface area contributed by atoms with Crippen LogP contribution in [0.4, 0.5) is 5.69 Å². The van der Waals surface area contributed by atoms with Crippen LogP contribution in [0.5, 0.6) is 0 Å². The average Bonchev–Trinajstić information content (AvgIpc) is 3.13. The highest BCUT2D eigenvalue weighted by atomic mass is 32.2. The maximum absolute atomic E-state index is 12.7. The molecule has 7 nitrogen and oxygen atoms in total. The van der Waals surface area contributed by atoms with Gasteiger partial charge in [-0.3, -0.25) is 9.59 Å². The lowest BCUT2D eigenvalue weighted by Crippen LogP contribution is -2.38. The summed E-state index contributed by atoms with van der Waals surface area (Å²) in [5.41, 5.74) is 1.41. The van der Waals surface area contributed by atoms with E-state index in [1.54, 1.807) is 12.1 Å². The Morgan fingerprint density at radius 1 is 1.31 bits per heavy atom. The Morgan fingerprint density at radius 2 is 2.12 bits per heavy atom. The Bertz CT molecular complexity index is 923. The first-order chi connectivity index (χ1) is 12.4. The number of amides is 2. The number of likely N-dealkylation sites (N-methyl/N-ethyl adjacent to an activating group) is 1. The highest BCUT2D eigenvalue weighted by Gasteiger charge is 2.25. The molecular formula is C17H19N3O4S2. The van der Waals surface area contributed by atoms with Crippen molar-refractivity contribution in [1.29, 1.82) is 0 Å². The third-order valence-corrected chi connectivity index (χ3v) is 6.76. The minimum absolute atomic E-state index is 0.0763. The fourth-order valence-electron chi connectivity index (χ4n) is 2.64. The summed E-state index contributed by atoms with van der Waals surface area (Å²) in [6.45, 7) is 0.116. The summed E-state index contributed by atoms with van der Waals surface area (Å²) >= 11 is 1.52. The van der Waals surface area contributed by atoms with E-state index >= 15 is 0 Å². The third-order valence-electron chi connectivity index (χ3n) is 4.09. The molecule has 1 aliphatic rings. The molecule has 0 saturated carbocycles. The Kier molecular flexibility index (Phi) is 5.40. The fourth-order valence-corrected chi connectivity index (χ4v) is 4.47. The van der Waals surface area contributed by atoms with Gasteiger partial charge in [0.15, 0.2) is 0 Å². The second kappa shape index (κ2) is 7.56. The van der Waals surface area contributed by atoms with Gasteiger partial charge in [0, 0.05) is 24.0 Å². The molecule has 0 saturated heterocycles. The van der Waals surface area contributed by atoms with E-state index < -0.39 is 10.0 Å². The first kappa shape index (κ1) is 18.6. The molecule has 2 N–H and O–H groups in total. The van der Waals surface area contributed by atoms with Gasteiger partial charge in [-0.05, 0) is 41.6 Å². The van der Waals surface area contributed by atoms with Crippen LogP contribution >= 0.6 is 11.3 Å². The van der Waals surface area contributed by atoms with E-state index in [1.807, 2.05) is 17.5 Å². The van der Waals surface area contributed by atoms with E-state index in [0.29, 0.717) is 25.1 Å². The van der Waals surface area contributed by atoms with E-state index in [9.17, 15) is 18.0 Å². The summed E-state index contributed by atoms with van der Waals surface area (Å²) in [5.74, 6) is -0.442. The average molecular weight is 393 g/mol. The number of rotatable bonds is 6. The van der Waals surface area contributed by atoms with Gasteiger partial charge in [0.25, 0.3) is 0 Å². The van der Waals surface area contributed by atoms with Crippen LogP contribution in [0.3, 0.4) is 0 Å². The van der Waals surface area contributed by atoms with Crippen LogP contribution in [0.15, 0.2) is 40.6 Å². The lowest BCUT2D eigenvalue weighted by Gasteiger charge is -2.20. The number of carbonyl (C=O) groups excluding carboxylic acids is 2. The maximum Gasteiger partial charge on any atom is 0.243 e. The monoisotopic (exact) mass is 393 g/mol. The number of aryl methyl sites for hydroxylation is 1. The molecule has 0 unspecified atom stereocenters. The van der Waals surface area contributed by atoms with Gasteiger partial charge in [0.1, 0.15) is 0 Å². The zero-order valence-corrected chi connectivity index (χ0v) is 15.8. The topological polar surface area (TPSA) is 95.6 Å². The van der Waals surface area contributed by atoms with Crippen LogP contribution in [-0.2, 0) is 32.6 Å². The van der Waals surface area contributed by atoms with Crippen molar-refractivity contribution in [2.24, 2.45) is 0 Å². The summed E-state index contributed by atoms with van der Waals surface area (Å²) in [7, 11) is -2.41. The molecule has 138 valence electrons. The van der Waals surface area contributed by atoms with Gasteiger partial charge < -0.3 is 10.6 Å². The molecule has 9 heteroatoms. The first-order valence-corrected chi connectivity index (χ1v) is 10.4. The summed E-state index contributed by atoms with van der Waals surface area (Å²) in [5, 5.41) is 7.35. The zero-order chi connectivity index (χ0) is 18.7. The molecule has 1 aromatic heterocycles. The number of thiophene rings is 1. The van der Waals surface area contributed by atoms with Gasteiger partial charge in [0.05, 0.1) is 18.0 Å².